The number of isocyanates is 1. The molecule has 0 radical (unpaired) electrons. The molecule has 0 amide bonds. The number of halogens is 3. The second-order valence-corrected chi connectivity index (χ2v) is 5.21. The highest BCUT2D eigenvalue weighted by atomic mass is 19.4. The number of alkyl halides is 3. The third kappa shape index (κ3) is 2.21. The van der Waals surface area contributed by atoms with Gasteiger partial charge in [-0.2, -0.15) is 18.2 Å². The largest absolute Gasteiger partial charge is 0.418 e. The monoisotopic (exact) mass is 292 g/mol. The Morgan fingerprint density at radius 1 is 1.24 bits per heavy atom. The number of fused-ring (bicyclic) bond motifs is 1. The Balaban J connectivity index is 2.16. The van der Waals surface area contributed by atoms with E-state index >= 15 is 0 Å². The van der Waals surface area contributed by atoms with Gasteiger partial charge in [-0.3, -0.25) is 4.98 Å². The topological polar surface area (TPSA) is 42.3 Å². The van der Waals surface area contributed by atoms with Crippen LogP contribution in [0.2, 0.25) is 0 Å². The van der Waals surface area contributed by atoms with Gasteiger partial charge in [0.2, 0.25) is 6.08 Å². The zero-order valence-corrected chi connectivity index (χ0v) is 10.9. The van der Waals surface area contributed by atoms with Crippen LogP contribution < -0.4 is 0 Å². The molecule has 0 atom stereocenters. The summed E-state index contributed by atoms with van der Waals surface area (Å²) in [5.74, 6) is 0. The highest BCUT2D eigenvalue weighted by Gasteiger charge is 2.39. The second-order valence-electron chi connectivity index (χ2n) is 5.21. The average molecular weight is 292 g/mol. The molecule has 6 heteroatoms. The standard InChI is InChI=1S/C15H11F3N2O/c16-15(17,18)13-8-19-7-10-6-11(2-3-12(10)13)14(20-9-21)4-1-5-14/h2-3,6-8H,1,4-5H2. The predicted molar refractivity (Wildman–Crippen MR) is 70.4 cm³/mol. The maximum absolute atomic E-state index is 12.9. The summed E-state index contributed by atoms with van der Waals surface area (Å²) in [5, 5.41) is 0.500. The van der Waals surface area contributed by atoms with Crippen molar-refractivity contribution in [2.75, 3.05) is 0 Å². The van der Waals surface area contributed by atoms with E-state index in [1.54, 1.807) is 18.2 Å². The van der Waals surface area contributed by atoms with E-state index < -0.39 is 17.3 Å². The maximum atomic E-state index is 12.9. The summed E-state index contributed by atoms with van der Waals surface area (Å²) in [6.45, 7) is 0. The Morgan fingerprint density at radius 2 is 2.00 bits per heavy atom. The molecule has 108 valence electrons. The Morgan fingerprint density at radius 3 is 2.57 bits per heavy atom. The van der Waals surface area contributed by atoms with Crippen molar-refractivity contribution in [3.63, 3.8) is 0 Å². The van der Waals surface area contributed by atoms with Crippen molar-refractivity contribution in [1.29, 1.82) is 0 Å². The van der Waals surface area contributed by atoms with Crippen LogP contribution in [0, 0.1) is 0 Å². The summed E-state index contributed by atoms with van der Waals surface area (Å²) >= 11 is 0. The van der Waals surface area contributed by atoms with E-state index in [-0.39, 0.29) is 5.39 Å². The normalized spacial score (nSPS) is 17.1. The molecule has 0 aliphatic heterocycles. The van der Waals surface area contributed by atoms with Gasteiger partial charge in [-0.15, -0.1) is 0 Å². The molecule has 0 N–H and O–H groups in total. The highest BCUT2D eigenvalue weighted by molar-refractivity contribution is 5.86. The van der Waals surface area contributed by atoms with Gasteiger partial charge in [0.1, 0.15) is 0 Å². The smallest absolute Gasteiger partial charge is 0.263 e. The van der Waals surface area contributed by atoms with Crippen molar-refractivity contribution in [2.24, 2.45) is 4.99 Å². The van der Waals surface area contributed by atoms with Crippen molar-refractivity contribution >= 4 is 16.9 Å². The van der Waals surface area contributed by atoms with Gasteiger partial charge < -0.3 is 0 Å². The third-order valence-electron chi connectivity index (χ3n) is 4.04. The molecule has 3 nitrogen and oxygen atoms in total. The van der Waals surface area contributed by atoms with Crippen LogP contribution in [-0.4, -0.2) is 11.1 Å². The van der Waals surface area contributed by atoms with Crippen molar-refractivity contribution in [1.82, 2.24) is 4.98 Å². The summed E-state index contributed by atoms with van der Waals surface area (Å²) < 4.78 is 38.8. The van der Waals surface area contributed by atoms with E-state index in [1.807, 2.05) is 0 Å². The minimum Gasteiger partial charge on any atom is -0.263 e. The first kappa shape index (κ1) is 13.8. The van der Waals surface area contributed by atoms with Crippen LogP contribution in [0.25, 0.3) is 10.8 Å². The van der Waals surface area contributed by atoms with Crippen LogP contribution in [0.4, 0.5) is 13.2 Å². The van der Waals surface area contributed by atoms with Crippen molar-refractivity contribution < 1.29 is 18.0 Å². The fourth-order valence-corrected chi connectivity index (χ4v) is 2.76. The molecule has 1 fully saturated rings. The van der Waals surface area contributed by atoms with Crippen LogP contribution in [-0.2, 0) is 16.5 Å². The van der Waals surface area contributed by atoms with Crippen LogP contribution in [0.1, 0.15) is 30.4 Å². The van der Waals surface area contributed by atoms with Crippen LogP contribution in [0.3, 0.4) is 0 Å². The minimum atomic E-state index is -4.44. The number of benzene rings is 1. The number of rotatable bonds is 2. The summed E-state index contributed by atoms with van der Waals surface area (Å²) in [6.07, 6.45) is 1.70. The molecule has 1 aliphatic carbocycles. The fraction of sp³-hybridized carbons (Fsp3) is 0.333. The molecule has 1 aromatic heterocycles. The lowest BCUT2D eigenvalue weighted by Crippen LogP contribution is -2.31. The van der Waals surface area contributed by atoms with Crippen LogP contribution in [0.5, 0.6) is 0 Å². The molecule has 0 saturated heterocycles. The van der Waals surface area contributed by atoms with E-state index in [9.17, 15) is 18.0 Å². The molecule has 1 aliphatic rings. The Kier molecular flexibility index (Phi) is 3.06. The Labute approximate surface area is 118 Å². The number of aliphatic imine (C=N–C) groups is 1. The lowest BCUT2D eigenvalue weighted by Gasteiger charge is -2.37. The molecular formula is C15H11F3N2O. The zero-order chi connectivity index (χ0) is 15.1. The van der Waals surface area contributed by atoms with E-state index in [4.69, 9.17) is 0 Å². The van der Waals surface area contributed by atoms with E-state index in [0.29, 0.717) is 18.2 Å². The number of aromatic nitrogens is 1. The van der Waals surface area contributed by atoms with Gasteiger partial charge in [0.25, 0.3) is 0 Å². The zero-order valence-electron chi connectivity index (χ0n) is 10.9. The number of hydrogen-bond donors (Lipinski definition) is 0. The second kappa shape index (κ2) is 4.67. The van der Waals surface area contributed by atoms with Crippen molar-refractivity contribution in [3.05, 3.63) is 41.7 Å². The SMILES string of the molecule is O=C=NC1(c2ccc3c(C(F)(F)F)cncc3c2)CCC1. The first-order valence-electron chi connectivity index (χ1n) is 6.51. The summed E-state index contributed by atoms with van der Waals surface area (Å²) in [5.41, 5.74) is -0.636. The summed E-state index contributed by atoms with van der Waals surface area (Å²) in [6, 6.07) is 4.67. The van der Waals surface area contributed by atoms with E-state index in [1.165, 1.54) is 12.3 Å². The van der Waals surface area contributed by atoms with Gasteiger partial charge in [0.15, 0.2) is 0 Å². The molecule has 1 heterocycles. The number of nitrogens with zero attached hydrogens (tertiary/aromatic N) is 2. The Bertz CT molecular complexity index is 744. The molecule has 1 aromatic carbocycles. The van der Waals surface area contributed by atoms with E-state index in [0.717, 1.165) is 18.2 Å². The highest BCUT2D eigenvalue weighted by Crippen LogP contribution is 2.45. The summed E-state index contributed by atoms with van der Waals surface area (Å²) in [7, 11) is 0. The average Bonchev–Trinajstić information content (AvgIpc) is 2.40. The lowest BCUT2D eigenvalue weighted by atomic mass is 9.72. The molecule has 0 spiro atoms. The summed E-state index contributed by atoms with van der Waals surface area (Å²) in [4.78, 5) is 18.1. The number of pyridine rings is 1. The fourth-order valence-electron chi connectivity index (χ4n) is 2.76. The van der Waals surface area contributed by atoms with Gasteiger partial charge in [-0.25, -0.2) is 4.79 Å². The van der Waals surface area contributed by atoms with Gasteiger partial charge in [0, 0.05) is 17.8 Å². The molecule has 2 aromatic rings. The first-order chi connectivity index (χ1) is 9.96. The predicted octanol–water partition coefficient (Wildman–Crippen LogP) is 3.97. The van der Waals surface area contributed by atoms with Crippen molar-refractivity contribution in [2.45, 2.75) is 31.0 Å². The minimum absolute atomic E-state index is 0.103. The molecule has 3 rings (SSSR count). The van der Waals surface area contributed by atoms with Crippen LogP contribution >= 0.6 is 0 Å². The maximum Gasteiger partial charge on any atom is 0.418 e. The Hall–Kier alpha value is -2.20. The van der Waals surface area contributed by atoms with Gasteiger partial charge in [-0.1, -0.05) is 12.1 Å². The number of carbonyl (C=O) groups excluding carboxylic acids is 1. The first-order valence-corrected chi connectivity index (χ1v) is 6.51. The molecule has 0 bridgehead atoms. The third-order valence-corrected chi connectivity index (χ3v) is 4.04. The molecular weight excluding hydrogens is 281 g/mol. The molecule has 0 unspecified atom stereocenters. The quantitative estimate of drug-likeness (QED) is 0.621. The van der Waals surface area contributed by atoms with Gasteiger partial charge >= 0.3 is 6.18 Å². The molecule has 21 heavy (non-hydrogen) atoms. The van der Waals surface area contributed by atoms with Gasteiger partial charge in [-0.05, 0) is 36.3 Å². The van der Waals surface area contributed by atoms with Crippen molar-refractivity contribution in [3.8, 4) is 0 Å². The number of hydrogen-bond acceptors (Lipinski definition) is 3. The van der Waals surface area contributed by atoms with Crippen LogP contribution in [0.15, 0.2) is 35.6 Å². The lowest BCUT2D eigenvalue weighted by molar-refractivity contribution is -0.136. The molecule has 1 saturated carbocycles. The van der Waals surface area contributed by atoms with E-state index in [2.05, 4.69) is 9.98 Å². The van der Waals surface area contributed by atoms with Gasteiger partial charge in [0.05, 0.1) is 11.1 Å².